The zero-order valence-electron chi connectivity index (χ0n) is 11.2. The maximum absolute atomic E-state index is 5.75. The molecule has 18 heavy (non-hydrogen) atoms. The maximum Gasteiger partial charge on any atom is 0.231 e. The van der Waals surface area contributed by atoms with Crippen molar-refractivity contribution in [2.45, 2.75) is 45.6 Å². The quantitative estimate of drug-likeness (QED) is 0.827. The Balaban J connectivity index is 2.10. The van der Waals surface area contributed by atoms with Crippen LogP contribution in [0.5, 0.6) is 0 Å². The van der Waals surface area contributed by atoms with E-state index in [1.807, 2.05) is 0 Å². The monoisotopic (exact) mass is 250 g/mol. The molecule has 1 aromatic rings. The first-order valence-electron chi connectivity index (χ1n) is 6.72. The van der Waals surface area contributed by atoms with Crippen LogP contribution in [-0.2, 0) is 0 Å². The second-order valence-electron chi connectivity index (χ2n) is 4.85. The zero-order chi connectivity index (χ0) is 13.0. The standard InChI is InChI=1S/C12H22N6/c1-3-6-9(2)14-11-15-10(13)16-12(17-11)18-7-4-5-8-18/h9H,3-8H2,1-2H3,(H3,13,14,15,16,17). The Labute approximate surface area is 108 Å². The highest BCUT2D eigenvalue weighted by molar-refractivity contribution is 5.42. The Morgan fingerprint density at radius 1 is 1.28 bits per heavy atom. The van der Waals surface area contributed by atoms with Crippen molar-refractivity contribution in [1.29, 1.82) is 0 Å². The summed E-state index contributed by atoms with van der Waals surface area (Å²) in [7, 11) is 0. The van der Waals surface area contributed by atoms with Crippen molar-refractivity contribution in [2.24, 2.45) is 0 Å². The summed E-state index contributed by atoms with van der Waals surface area (Å²) < 4.78 is 0. The fourth-order valence-electron chi connectivity index (χ4n) is 2.23. The van der Waals surface area contributed by atoms with E-state index in [1.54, 1.807) is 0 Å². The van der Waals surface area contributed by atoms with Crippen molar-refractivity contribution in [3.8, 4) is 0 Å². The van der Waals surface area contributed by atoms with Gasteiger partial charge in [0.05, 0.1) is 0 Å². The Morgan fingerprint density at radius 3 is 2.67 bits per heavy atom. The minimum atomic E-state index is 0.290. The summed E-state index contributed by atoms with van der Waals surface area (Å²) in [4.78, 5) is 15.0. The molecule has 1 saturated heterocycles. The molecular formula is C12H22N6. The molecule has 0 bridgehead atoms. The third-order valence-electron chi connectivity index (χ3n) is 3.13. The van der Waals surface area contributed by atoms with Crippen LogP contribution in [0.4, 0.5) is 17.8 Å². The number of rotatable bonds is 5. The number of nitrogens with one attached hydrogen (secondary N) is 1. The molecule has 0 radical (unpaired) electrons. The van der Waals surface area contributed by atoms with Gasteiger partial charge in [0.1, 0.15) is 0 Å². The molecule has 0 aromatic carbocycles. The Kier molecular flexibility index (Phi) is 4.17. The van der Waals surface area contributed by atoms with E-state index in [4.69, 9.17) is 5.73 Å². The maximum atomic E-state index is 5.75. The molecule has 1 unspecified atom stereocenters. The second-order valence-corrected chi connectivity index (χ2v) is 4.85. The molecule has 1 aliphatic heterocycles. The minimum Gasteiger partial charge on any atom is -0.368 e. The lowest BCUT2D eigenvalue weighted by atomic mass is 10.2. The summed E-state index contributed by atoms with van der Waals surface area (Å²) in [5.41, 5.74) is 5.75. The van der Waals surface area contributed by atoms with Crippen molar-refractivity contribution in [3.63, 3.8) is 0 Å². The SMILES string of the molecule is CCCC(C)Nc1nc(N)nc(N2CCCC2)n1. The van der Waals surface area contributed by atoms with Crippen LogP contribution in [0.3, 0.4) is 0 Å². The highest BCUT2D eigenvalue weighted by Crippen LogP contribution is 2.18. The molecule has 3 N–H and O–H groups in total. The molecule has 1 aliphatic rings. The smallest absolute Gasteiger partial charge is 0.231 e. The molecule has 1 fully saturated rings. The molecular weight excluding hydrogens is 228 g/mol. The van der Waals surface area contributed by atoms with Gasteiger partial charge in [-0.3, -0.25) is 0 Å². The van der Waals surface area contributed by atoms with Gasteiger partial charge in [-0.05, 0) is 26.2 Å². The lowest BCUT2D eigenvalue weighted by molar-refractivity contribution is 0.682. The Bertz CT molecular complexity index is 388. The first kappa shape index (κ1) is 12.9. The van der Waals surface area contributed by atoms with Crippen LogP contribution in [-0.4, -0.2) is 34.1 Å². The molecule has 0 amide bonds. The minimum absolute atomic E-state index is 0.290. The normalized spacial score (nSPS) is 16.9. The van der Waals surface area contributed by atoms with Crippen LogP contribution in [0.15, 0.2) is 0 Å². The summed E-state index contributed by atoms with van der Waals surface area (Å²) in [6.07, 6.45) is 4.61. The van der Waals surface area contributed by atoms with E-state index in [-0.39, 0.29) is 5.95 Å². The van der Waals surface area contributed by atoms with Gasteiger partial charge in [0.15, 0.2) is 0 Å². The van der Waals surface area contributed by atoms with Crippen molar-refractivity contribution < 1.29 is 0 Å². The molecule has 1 aromatic heterocycles. The lowest BCUT2D eigenvalue weighted by Crippen LogP contribution is -2.23. The first-order valence-corrected chi connectivity index (χ1v) is 6.72. The van der Waals surface area contributed by atoms with E-state index in [9.17, 15) is 0 Å². The van der Waals surface area contributed by atoms with Crippen LogP contribution in [0.25, 0.3) is 0 Å². The number of aromatic nitrogens is 3. The summed E-state index contributed by atoms with van der Waals surface area (Å²) in [5.74, 6) is 1.58. The number of hydrogen-bond donors (Lipinski definition) is 2. The molecule has 6 nitrogen and oxygen atoms in total. The van der Waals surface area contributed by atoms with Crippen LogP contribution >= 0.6 is 0 Å². The molecule has 0 aliphatic carbocycles. The van der Waals surface area contributed by atoms with Gasteiger partial charge >= 0.3 is 0 Å². The largest absolute Gasteiger partial charge is 0.368 e. The van der Waals surface area contributed by atoms with Gasteiger partial charge in [-0.1, -0.05) is 13.3 Å². The average Bonchev–Trinajstić information content (AvgIpc) is 2.81. The molecule has 0 saturated carbocycles. The van der Waals surface area contributed by atoms with Gasteiger partial charge in [0, 0.05) is 19.1 Å². The molecule has 100 valence electrons. The molecule has 2 rings (SSSR count). The third kappa shape index (κ3) is 3.21. The van der Waals surface area contributed by atoms with E-state index in [0.717, 1.165) is 25.9 Å². The first-order chi connectivity index (χ1) is 8.69. The Morgan fingerprint density at radius 2 is 2.00 bits per heavy atom. The highest BCUT2D eigenvalue weighted by atomic mass is 15.3. The van der Waals surface area contributed by atoms with Gasteiger partial charge in [0.25, 0.3) is 0 Å². The van der Waals surface area contributed by atoms with Crippen LogP contribution in [0.1, 0.15) is 39.5 Å². The third-order valence-corrected chi connectivity index (χ3v) is 3.13. The van der Waals surface area contributed by atoms with Gasteiger partial charge in [-0.2, -0.15) is 15.0 Å². The van der Waals surface area contributed by atoms with E-state index in [1.165, 1.54) is 12.8 Å². The van der Waals surface area contributed by atoms with E-state index in [0.29, 0.717) is 17.9 Å². The predicted octanol–water partition coefficient (Wildman–Crippen LogP) is 1.65. The van der Waals surface area contributed by atoms with Crippen molar-refractivity contribution in [1.82, 2.24) is 15.0 Å². The zero-order valence-corrected chi connectivity index (χ0v) is 11.2. The summed E-state index contributed by atoms with van der Waals surface area (Å²) in [6.45, 7) is 6.30. The van der Waals surface area contributed by atoms with Crippen molar-refractivity contribution in [2.75, 3.05) is 29.0 Å². The van der Waals surface area contributed by atoms with Crippen LogP contribution in [0.2, 0.25) is 0 Å². The van der Waals surface area contributed by atoms with Crippen LogP contribution in [0, 0.1) is 0 Å². The average molecular weight is 250 g/mol. The lowest BCUT2D eigenvalue weighted by Gasteiger charge is -2.17. The van der Waals surface area contributed by atoms with Crippen molar-refractivity contribution >= 4 is 17.8 Å². The number of nitrogens with zero attached hydrogens (tertiary/aromatic N) is 4. The summed E-state index contributed by atoms with van der Waals surface area (Å²) in [5, 5.41) is 3.28. The fraction of sp³-hybridized carbons (Fsp3) is 0.750. The van der Waals surface area contributed by atoms with Gasteiger partial charge in [-0.15, -0.1) is 0 Å². The topological polar surface area (TPSA) is 80.0 Å². The molecule has 0 spiro atoms. The van der Waals surface area contributed by atoms with E-state index in [2.05, 4.69) is 39.0 Å². The summed E-state index contributed by atoms with van der Waals surface area (Å²) in [6, 6.07) is 0.350. The van der Waals surface area contributed by atoms with Gasteiger partial charge < -0.3 is 16.0 Å². The fourth-order valence-corrected chi connectivity index (χ4v) is 2.23. The van der Waals surface area contributed by atoms with Gasteiger partial charge in [0.2, 0.25) is 17.8 Å². The second kappa shape index (κ2) is 5.84. The predicted molar refractivity (Wildman–Crippen MR) is 73.7 cm³/mol. The van der Waals surface area contributed by atoms with E-state index >= 15 is 0 Å². The number of nitrogen functional groups attached to an aromatic ring is 1. The highest BCUT2D eigenvalue weighted by Gasteiger charge is 2.17. The summed E-state index contributed by atoms with van der Waals surface area (Å²) >= 11 is 0. The molecule has 2 heterocycles. The number of nitrogens with two attached hydrogens (primary N) is 1. The van der Waals surface area contributed by atoms with Crippen molar-refractivity contribution in [3.05, 3.63) is 0 Å². The number of hydrogen-bond acceptors (Lipinski definition) is 6. The van der Waals surface area contributed by atoms with Crippen LogP contribution < -0.4 is 16.0 Å². The van der Waals surface area contributed by atoms with E-state index < -0.39 is 0 Å². The van der Waals surface area contributed by atoms with Gasteiger partial charge in [-0.25, -0.2) is 0 Å². The number of anilines is 3. The molecule has 1 atom stereocenters. The molecule has 6 heteroatoms. The Hall–Kier alpha value is -1.59.